The van der Waals surface area contributed by atoms with Crippen molar-refractivity contribution < 1.29 is 9.15 Å². The maximum Gasteiger partial charge on any atom is 0.159 e. The molecule has 0 N–H and O–H groups in total. The predicted octanol–water partition coefficient (Wildman–Crippen LogP) is 20.1. The van der Waals surface area contributed by atoms with E-state index in [4.69, 9.17) is 9.15 Å². The fourth-order valence-corrected chi connectivity index (χ4v) is 11.1. The molecule has 2 heterocycles. The van der Waals surface area contributed by atoms with Gasteiger partial charge < -0.3 is 19.0 Å². The lowest BCUT2D eigenvalue weighted by molar-refractivity contribution is 0.487. The summed E-state index contributed by atoms with van der Waals surface area (Å²) in [5.41, 5.74) is 19.2. The number of ether oxygens (including phenoxy) is 1. The first-order chi connectivity index (χ1) is 36.7. The van der Waals surface area contributed by atoms with Gasteiger partial charge in [-0.2, -0.15) is 0 Å². The smallest absolute Gasteiger partial charge is 0.159 e. The third-order valence-electron chi connectivity index (χ3n) is 14.5. The molecule has 4 nitrogen and oxygen atoms in total. The highest BCUT2D eigenvalue weighted by molar-refractivity contribution is 6.15. The zero-order valence-electron chi connectivity index (χ0n) is 40.3. The van der Waals surface area contributed by atoms with E-state index in [2.05, 4.69) is 277 Å². The zero-order valence-corrected chi connectivity index (χ0v) is 40.3. The van der Waals surface area contributed by atoms with Crippen molar-refractivity contribution in [2.75, 3.05) is 9.80 Å². The third-order valence-corrected chi connectivity index (χ3v) is 14.5. The molecule has 0 bridgehead atoms. The molecule has 0 radical (unpaired) electrons. The van der Waals surface area contributed by atoms with Crippen LogP contribution in [0.25, 0.3) is 88.3 Å². The van der Waals surface area contributed by atoms with Gasteiger partial charge in [0.25, 0.3) is 0 Å². The Bertz CT molecular complexity index is 4140. The maximum absolute atomic E-state index is 7.00. The van der Waals surface area contributed by atoms with Gasteiger partial charge in [-0.25, -0.2) is 0 Å². The summed E-state index contributed by atoms with van der Waals surface area (Å²) in [4.78, 5) is 4.77. The van der Waals surface area contributed by atoms with Gasteiger partial charge in [-0.05, 0) is 100 Å². The largest absolute Gasteiger partial charge is 0.456 e. The average molecular weight is 947 g/mol. The molecular formula is C70H46N2O2. The molecule has 348 valence electrons. The van der Waals surface area contributed by atoms with Gasteiger partial charge in [0.15, 0.2) is 5.58 Å². The van der Waals surface area contributed by atoms with E-state index in [1.54, 1.807) is 0 Å². The number of fused-ring (bicyclic) bond motifs is 5. The number of nitrogens with zero attached hydrogens (tertiary/aromatic N) is 2. The summed E-state index contributed by atoms with van der Waals surface area (Å²) in [7, 11) is 0. The Morgan fingerprint density at radius 2 is 0.743 bits per heavy atom. The number of hydrogen-bond acceptors (Lipinski definition) is 4. The van der Waals surface area contributed by atoms with E-state index < -0.39 is 0 Å². The Kier molecular flexibility index (Phi) is 10.5. The van der Waals surface area contributed by atoms with Crippen LogP contribution in [0.3, 0.4) is 0 Å². The van der Waals surface area contributed by atoms with Gasteiger partial charge in [0.2, 0.25) is 0 Å². The average Bonchev–Trinajstić information content (AvgIpc) is 3.87. The maximum atomic E-state index is 7.00. The van der Waals surface area contributed by atoms with Crippen LogP contribution < -0.4 is 14.5 Å². The second-order valence-electron chi connectivity index (χ2n) is 18.7. The predicted molar refractivity (Wildman–Crippen MR) is 308 cm³/mol. The van der Waals surface area contributed by atoms with Gasteiger partial charge in [0.05, 0.1) is 28.4 Å². The fourth-order valence-electron chi connectivity index (χ4n) is 11.1. The van der Waals surface area contributed by atoms with Crippen molar-refractivity contribution in [3.05, 3.63) is 279 Å². The molecule has 0 saturated heterocycles. The first-order valence-corrected chi connectivity index (χ1v) is 25.2. The first-order valence-electron chi connectivity index (χ1n) is 25.2. The van der Waals surface area contributed by atoms with E-state index in [0.29, 0.717) is 0 Å². The van der Waals surface area contributed by atoms with E-state index in [1.165, 1.54) is 0 Å². The summed E-state index contributed by atoms with van der Waals surface area (Å²) in [6.45, 7) is 0. The molecular weight excluding hydrogens is 901 g/mol. The SMILES string of the molecule is c1ccc(-c2ccccc2N(c2ccc(-c3ccc4c(c3)Oc3cccc5c(N(c6ccccc6-c6ccccc6)c6cccc7c6oc6ccccc67)ccc-4c35)cc2)c2ccccc2-c2ccccc2)cc1. The number of furan rings is 1. The number of anilines is 6. The van der Waals surface area contributed by atoms with E-state index in [0.717, 1.165) is 134 Å². The van der Waals surface area contributed by atoms with Gasteiger partial charge in [-0.15, -0.1) is 0 Å². The van der Waals surface area contributed by atoms with Gasteiger partial charge in [-0.3, -0.25) is 0 Å². The highest BCUT2D eigenvalue weighted by atomic mass is 16.5. The highest BCUT2D eigenvalue weighted by Crippen LogP contribution is 2.54. The summed E-state index contributed by atoms with van der Waals surface area (Å²) in [5, 5.41) is 4.31. The number of rotatable bonds is 10. The summed E-state index contributed by atoms with van der Waals surface area (Å²) in [6.07, 6.45) is 0. The summed E-state index contributed by atoms with van der Waals surface area (Å²) < 4.78 is 13.8. The molecule has 1 aromatic heterocycles. The second kappa shape index (κ2) is 18.1. The molecule has 12 aromatic carbocycles. The number of hydrogen-bond donors (Lipinski definition) is 0. The fraction of sp³-hybridized carbons (Fsp3) is 0. The van der Waals surface area contributed by atoms with Crippen molar-refractivity contribution in [1.82, 2.24) is 0 Å². The summed E-state index contributed by atoms with van der Waals surface area (Å²) >= 11 is 0. The number of benzene rings is 12. The van der Waals surface area contributed by atoms with Gasteiger partial charge in [0, 0.05) is 49.5 Å². The van der Waals surface area contributed by atoms with Crippen LogP contribution in [0.2, 0.25) is 0 Å². The van der Waals surface area contributed by atoms with E-state index in [9.17, 15) is 0 Å². The van der Waals surface area contributed by atoms with Crippen molar-refractivity contribution in [3.63, 3.8) is 0 Å². The topological polar surface area (TPSA) is 28.9 Å². The van der Waals surface area contributed by atoms with Crippen molar-refractivity contribution in [1.29, 1.82) is 0 Å². The Labute approximate surface area is 429 Å². The zero-order chi connectivity index (χ0) is 49.0. The Balaban J connectivity index is 0.873. The van der Waals surface area contributed by atoms with E-state index in [1.807, 2.05) is 12.1 Å². The van der Waals surface area contributed by atoms with Crippen LogP contribution in [0.15, 0.2) is 283 Å². The molecule has 0 atom stereocenters. The normalized spacial score (nSPS) is 11.6. The molecule has 13 aromatic rings. The molecule has 0 amide bonds. The van der Waals surface area contributed by atoms with Crippen molar-refractivity contribution in [3.8, 4) is 67.1 Å². The quantitative estimate of drug-likeness (QED) is 0.137. The monoisotopic (exact) mass is 946 g/mol. The molecule has 0 spiro atoms. The Morgan fingerprint density at radius 3 is 1.38 bits per heavy atom. The molecule has 0 aliphatic carbocycles. The highest BCUT2D eigenvalue weighted by Gasteiger charge is 2.28. The van der Waals surface area contributed by atoms with Crippen LogP contribution >= 0.6 is 0 Å². The number of para-hydroxylation sites is 5. The van der Waals surface area contributed by atoms with Crippen molar-refractivity contribution in [2.24, 2.45) is 0 Å². The van der Waals surface area contributed by atoms with E-state index >= 15 is 0 Å². The lowest BCUT2D eigenvalue weighted by atomic mass is 9.91. The van der Waals surface area contributed by atoms with Gasteiger partial charge in [0.1, 0.15) is 17.1 Å². The van der Waals surface area contributed by atoms with Crippen LogP contribution in [-0.2, 0) is 0 Å². The summed E-state index contributed by atoms with van der Waals surface area (Å²) in [6, 6.07) is 99.3. The third kappa shape index (κ3) is 7.31. The molecule has 0 saturated carbocycles. The standard InChI is InChI=1S/C70H46N2O2/c1-4-20-48(21-5-1)53-26-10-14-32-61(53)71(62-33-15-11-27-54(62)49-22-6-2-7-23-49)52-41-38-47(39-42-52)51-40-43-57-58-44-45-64(60-31-19-37-67(69(58)60)73-68(57)46-51)72(63-34-16-12-28-55(63)50-24-8-3-9-25-50)65-35-18-30-59-56-29-13-17-36-66(56)74-70(59)65/h1-46H. The van der Waals surface area contributed by atoms with Crippen LogP contribution in [-0.4, -0.2) is 0 Å². The minimum absolute atomic E-state index is 0.822. The summed E-state index contributed by atoms with van der Waals surface area (Å²) in [5.74, 6) is 1.65. The lowest BCUT2D eigenvalue weighted by Crippen LogP contribution is -2.12. The van der Waals surface area contributed by atoms with Crippen LogP contribution in [0, 0.1) is 0 Å². The lowest BCUT2D eigenvalue weighted by Gasteiger charge is -2.31. The van der Waals surface area contributed by atoms with Gasteiger partial charge >= 0.3 is 0 Å². The van der Waals surface area contributed by atoms with Crippen molar-refractivity contribution >= 4 is 66.8 Å². The molecule has 1 aliphatic rings. The first kappa shape index (κ1) is 42.9. The second-order valence-corrected chi connectivity index (χ2v) is 18.7. The van der Waals surface area contributed by atoms with Crippen LogP contribution in [0.4, 0.5) is 34.1 Å². The molecule has 4 heteroatoms. The minimum atomic E-state index is 0.822. The molecule has 0 fully saturated rings. The van der Waals surface area contributed by atoms with Gasteiger partial charge in [-0.1, -0.05) is 212 Å². The van der Waals surface area contributed by atoms with Crippen LogP contribution in [0.5, 0.6) is 11.5 Å². The minimum Gasteiger partial charge on any atom is -0.456 e. The van der Waals surface area contributed by atoms with E-state index in [-0.39, 0.29) is 0 Å². The molecule has 74 heavy (non-hydrogen) atoms. The molecule has 1 aliphatic heterocycles. The molecule has 0 unspecified atom stereocenters. The Hall–Kier alpha value is -9.90. The molecule has 14 rings (SSSR count). The van der Waals surface area contributed by atoms with Crippen LogP contribution in [0.1, 0.15) is 0 Å². The Morgan fingerprint density at radius 1 is 0.257 bits per heavy atom. The van der Waals surface area contributed by atoms with Crippen molar-refractivity contribution in [2.45, 2.75) is 0 Å².